The molecule has 0 bridgehead atoms. The van der Waals surface area contributed by atoms with Crippen LogP contribution in [0.3, 0.4) is 0 Å². The summed E-state index contributed by atoms with van der Waals surface area (Å²) in [5.74, 6) is 1.26. The van der Waals surface area contributed by atoms with E-state index < -0.39 is 0 Å². The Morgan fingerprint density at radius 1 is 1.48 bits per heavy atom. The molecule has 8 heteroatoms. The zero-order valence-corrected chi connectivity index (χ0v) is 17.3. The number of carbonyl (C=O) groups excluding carboxylic acids is 1. The molecule has 3 aromatic heterocycles. The first-order valence-electron chi connectivity index (χ1n) is 8.92. The predicted molar refractivity (Wildman–Crippen MR) is 109 cm³/mol. The van der Waals surface area contributed by atoms with Crippen LogP contribution in [0.25, 0.3) is 10.2 Å². The second-order valence-corrected chi connectivity index (χ2v) is 8.72. The second-order valence-electron chi connectivity index (χ2n) is 6.55. The number of furan rings is 1. The molecule has 1 amide bonds. The Bertz CT molecular complexity index is 976. The van der Waals surface area contributed by atoms with Crippen LogP contribution in [0, 0.1) is 12.8 Å². The minimum Gasteiger partial charge on any atom is -0.467 e. The average Bonchev–Trinajstić information content (AvgIpc) is 3.26. The fourth-order valence-corrected chi connectivity index (χ4v) is 4.55. The van der Waals surface area contributed by atoms with Crippen LogP contribution in [0.2, 0.25) is 0 Å². The molecule has 144 valence electrons. The highest BCUT2D eigenvalue weighted by molar-refractivity contribution is 7.99. The smallest absolute Gasteiger partial charge is 0.260 e. The van der Waals surface area contributed by atoms with Crippen molar-refractivity contribution >= 4 is 39.2 Å². The lowest BCUT2D eigenvalue weighted by Crippen LogP contribution is -2.24. The van der Waals surface area contributed by atoms with E-state index >= 15 is 0 Å². The number of fused-ring (bicyclic) bond motifs is 1. The third-order valence-electron chi connectivity index (χ3n) is 4.47. The Morgan fingerprint density at radius 3 is 3.00 bits per heavy atom. The Hall–Kier alpha value is -2.06. The number of H-pyrrole nitrogens is 1. The Morgan fingerprint density at radius 2 is 2.30 bits per heavy atom. The number of rotatable bonds is 8. The molecule has 3 rings (SSSR count). The zero-order valence-electron chi connectivity index (χ0n) is 15.6. The zero-order chi connectivity index (χ0) is 19.4. The molecule has 0 aliphatic carbocycles. The number of thioether (sulfide) groups is 1. The van der Waals surface area contributed by atoms with Gasteiger partial charge in [0.2, 0.25) is 5.91 Å². The van der Waals surface area contributed by atoms with E-state index in [-0.39, 0.29) is 17.2 Å². The van der Waals surface area contributed by atoms with E-state index in [0.29, 0.717) is 28.8 Å². The Balaban J connectivity index is 1.69. The summed E-state index contributed by atoms with van der Waals surface area (Å²) in [6.07, 6.45) is 3.52. The molecule has 0 unspecified atom stereocenters. The number of hydrogen-bond donors (Lipinski definition) is 2. The summed E-state index contributed by atoms with van der Waals surface area (Å²) in [7, 11) is 0. The summed E-state index contributed by atoms with van der Waals surface area (Å²) < 4.78 is 5.18. The first-order chi connectivity index (χ1) is 13.0. The van der Waals surface area contributed by atoms with Gasteiger partial charge in [-0.25, -0.2) is 4.98 Å². The lowest BCUT2D eigenvalue weighted by Gasteiger charge is -2.08. The summed E-state index contributed by atoms with van der Waals surface area (Å²) in [5, 5.41) is 3.95. The standard InChI is InChI=1S/C19H23N3O3S2/c1-4-11(2)8-14-12(3)27-18-16(14)17(24)21-19(22-18)26-10-15(23)20-9-13-6-5-7-25-13/h5-7,11H,4,8-10H2,1-3H3,(H,20,23)(H,21,22,24)/t11-/m0/s1. The van der Waals surface area contributed by atoms with E-state index in [9.17, 15) is 9.59 Å². The van der Waals surface area contributed by atoms with Gasteiger partial charge in [0.05, 0.1) is 23.9 Å². The van der Waals surface area contributed by atoms with Gasteiger partial charge in [-0.3, -0.25) is 9.59 Å². The third-order valence-corrected chi connectivity index (χ3v) is 6.39. The Kier molecular flexibility index (Phi) is 6.38. The van der Waals surface area contributed by atoms with Crippen LogP contribution in [-0.4, -0.2) is 21.6 Å². The molecule has 0 radical (unpaired) electrons. The summed E-state index contributed by atoms with van der Waals surface area (Å²) in [6, 6.07) is 3.58. The summed E-state index contributed by atoms with van der Waals surface area (Å²) >= 11 is 2.77. The maximum absolute atomic E-state index is 12.6. The molecule has 2 N–H and O–H groups in total. The maximum Gasteiger partial charge on any atom is 0.260 e. The fraction of sp³-hybridized carbons (Fsp3) is 0.421. The molecule has 0 aromatic carbocycles. The van der Waals surface area contributed by atoms with Crippen LogP contribution in [0.4, 0.5) is 0 Å². The normalized spacial score (nSPS) is 12.4. The highest BCUT2D eigenvalue weighted by Crippen LogP contribution is 2.30. The van der Waals surface area contributed by atoms with Crippen LogP contribution in [0.15, 0.2) is 32.8 Å². The average molecular weight is 406 g/mol. The molecule has 0 aliphatic rings. The number of aromatic amines is 1. The van der Waals surface area contributed by atoms with Crippen molar-refractivity contribution in [2.75, 3.05) is 5.75 Å². The molecule has 0 spiro atoms. The first-order valence-corrected chi connectivity index (χ1v) is 10.7. The molecule has 1 atom stereocenters. The highest BCUT2D eigenvalue weighted by Gasteiger charge is 2.17. The van der Waals surface area contributed by atoms with Crippen LogP contribution < -0.4 is 10.9 Å². The lowest BCUT2D eigenvalue weighted by molar-refractivity contribution is -0.118. The number of nitrogens with one attached hydrogen (secondary N) is 2. The maximum atomic E-state index is 12.6. The number of aromatic nitrogens is 2. The van der Waals surface area contributed by atoms with Crippen molar-refractivity contribution < 1.29 is 9.21 Å². The molecule has 27 heavy (non-hydrogen) atoms. The molecule has 0 fully saturated rings. The van der Waals surface area contributed by atoms with Gasteiger partial charge in [0.15, 0.2) is 5.16 Å². The number of amides is 1. The van der Waals surface area contributed by atoms with Gasteiger partial charge >= 0.3 is 0 Å². The number of carbonyl (C=O) groups is 1. The predicted octanol–water partition coefficient (Wildman–Crippen LogP) is 3.88. The second kappa shape index (κ2) is 8.75. The number of nitrogens with zero attached hydrogens (tertiary/aromatic N) is 1. The van der Waals surface area contributed by atoms with Crippen molar-refractivity contribution in [2.45, 2.75) is 45.3 Å². The lowest BCUT2D eigenvalue weighted by atomic mass is 9.98. The third kappa shape index (κ3) is 4.81. The fourth-order valence-electron chi connectivity index (χ4n) is 2.75. The van der Waals surface area contributed by atoms with Crippen LogP contribution in [0.1, 0.15) is 36.5 Å². The minimum absolute atomic E-state index is 0.124. The van der Waals surface area contributed by atoms with Crippen molar-refractivity contribution in [3.05, 3.63) is 45.0 Å². The van der Waals surface area contributed by atoms with Crippen molar-refractivity contribution in [3.8, 4) is 0 Å². The molecule has 3 heterocycles. The summed E-state index contributed by atoms with van der Waals surface area (Å²) in [4.78, 5) is 33.9. The van der Waals surface area contributed by atoms with Crippen molar-refractivity contribution in [2.24, 2.45) is 5.92 Å². The monoisotopic (exact) mass is 405 g/mol. The van der Waals surface area contributed by atoms with Gasteiger partial charge in [-0.1, -0.05) is 32.0 Å². The molecular formula is C19H23N3O3S2. The van der Waals surface area contributed by atoms with Crippen molar-refractivity contribution in [1.82, 2.24) is 15.3 Å². The van der Waals surface area contributed by atoms with Gasteiger partial charge in [-0.05, 0) is 37.0 Å². The quantitative estimate of drug-likeness (QED) is 0.439. The molecule has 3 aromatic rings. The topological polar surface area (TPSA) is 88.0 Å². The van der Waals surface area contributed by atoms with Gasteiger partial charge in [0, 0.05) is 4.88 Å². The van der Waals surface area contributed by atoms with E-state index in [4.69, 9.17) is 4.42 Å². The van der Waals surface area contributed by atoms with E-state index in [1.807, 2.05) is 6.92 Å². The summed E-state index contributed by atoms with van der Waals surface area (Å²) in [6.45, 7) is 6.73. The van der Waals surface area contributed by atoms with E-state index in [1.54, 1.807) is 29.7 Å². The SMILES string of the molecule is CC[C@H](C)Cc1c(C)sc2nc(SCC(=O)NCc3ccco3)[nH]c(=O)c12. The van der Waals surface area contributed by atoms with Gasteiger partial charge in [0.25, 0.3) is 5.56 Å². The Labute approximate surface area is 165 Å². The largest absolute Gasteiger partial charge is 0.467 e. The van der Waals surface area contributed by atoms with Gasteiger partial charge in [0.1, 0.15) is 10.6 Å². The molecule has 0 saturated carbocycles. The van der Waals surface area contributed by atoms with Crippen LogP contribution >= 0.6 is 23.1 Å². The van der Waals surface area contributed by atoms with E-state index in [1.165, 1.54) is 11.8 Å². The van der Waals surface area contributed by atoms with E-state index in [2.05, 4.69) is 29.1 Å². The minimum atomic E-state index is -0.140. The number of thiophene rings is 1. The van der Waals surface area contributed by atoms with Crippen LogP contribution in [-0.2, 0) is 17.8 Å². The van der Waals surface area contributed by atoms with Crippen molar-refractivity contribution in [1.29, 1.82) is 0 Å². The van der Waals surface area contributed by atoms with Gasteiger partial charge in [-0.15, -0.1) is 11.3 Å². The molecular weight excluding hydrogens is 382 g/mol. The van der Waals surface area contributed by atoms with Gasteiger partial charge in [-0.2, -0.15) is 0 Å². The molecule has 0 aliphatic heterocycles. The molecule has 0 saturated heterocycles. The summed E-state index contributed by atoms with van der Waals surface area (Å²) in [5.41, 5.74) is 0.979. The van der Waals surface area contributed by atoms with Crippen LogP contribution in [0.5, 0.6) is 0 Å². The highest BCUT2D eigenvalue weighted by atomic mass is 32.2. The molecule has 6 nitrogen and oxygen atoms in total. The van der Waals surface area contributed by atoms with Gasteiger partial charge < -0.3 is 14.7 Å². The van der Waals surface area contributed by atoms with Crippen molar-refractivity contribution in [3.63, 3.8) is 0 Å². The number of hydrogen-bond acceptors (Lipinski definition) is 6. The first kappa shape index (κ1) is 19.7. The van der Waals surface area contributed by atoms with E-state index in [0.717, 1.165) is 28.1 Å². The number of aryl methyl sites for hydroxylation is 1.